The maximum absolute atomic E-state index is 11.3. The first-order valence-electron chi connectivity index (χ1n) is 5.57. The Morgan fingerprint density at radius 3 is 3.00 bits per heavy atom. The van der Waals surface area contributed by atoms with Crippen molar-refractivity contribution in [2.75, 3.05) is 18.4 Å². The summed E-state index contributed by atoms with van der Waals surface area (Å²) >= 11 is 1.57. The molecule has 0 saturated heterocycles. The maximum Gasteiger partial charge on any atom is 0.239 e. The van der Waals surface area contributed by atoms with Crippen molar-refractivity contribution in [1.82, 2.24) is 10.3 Å². The van der Waals surface area contributed by atoms with E-state index in [4.69, 9.17) is 0 Å². The van der Waals surface area contributed by atoms with Crippen molar-refractivity contribution in [3.8, 4) is 0 Å². The highest BCUT2D eigenvalue weighted by Gasteiger charge is 2.06. The van der Waals surface area contributed by atoms with Gasteiger partial charge in [0, 0.05) is 6.54 Å². The molecule has 17 heavy (non-hydrogen) atoms. The van der Waals surface area contributed by atoms with E-state index < -0.39 is 0 Å². The lowest BCUT2D eigenvalue weighted by Crippen LogP contribution is -2.29. The number of aromatic nitrogens is 1. The van der Waals surface area contributed by atoms with Gasteiger partial charge >= 0.3 is 0 Å². The average Bonchev–Trinajstić information content (AvgIpc) is 2.71. The number of rotatable bonds is 4. The minimum atomic E-state index is -0.0107. The second-order valence-corrected chi connectivity index (χ2v) is 4.78. The number of fused-ring (bicyclic) bond motifs is 1. The average molecular weight is 249 g/mol. The normalized spacial score (nSPS) is 10.5. The summed E-state index contributed by atoms with van der Waals surface area (Å²) in [6, 6.07) is 6.09. The SMILES string of the molecule is CCNC(=O)CNc1nc2c(C)cccc2s1. The summed E-state index contributed by atoms with van der Waals surface area (Å²) in [5, 5.41) is 6.57. The number of aryl methyl sites for hydroxylation is 1. The molecule has 90 valence electrons. The highest BCUT2D eigenvalue weighted by Crippen LogP contribution is 2.27. The summed E-state index contributed by atoms with van der Waals surface area (Å²) < 4.78 is 1.14. The fourth-order valence-electron chi connectivity index (χ4n) is 1.58. The second kappa shape index (κ2) is 5.14. The number of carbonyl (C=O) groups is 1. The fraction of sp³-hybridized carbons (Fsp3) is 0.333. The first-order valence-corrected chi connectivity index (χ1v) is 6.39. The van der Waals surface area contributed by atoms with Crippen LogP contribution < -0.4 is 10.6 Å². The molecule has 0 aliphatic heterocycles. The van der Waals surface area contributed by atoms with Crippen LogP contribution in [0, 0.1) is 6.92 Å². The molecule has 1 heterocycles. The number of para-hydroxylation sites is 1. The van der Waals surface area contributed by atoms with Crippen molar-refractivity contribution in [2.24, 2.45) is 0 Å². The molecule has 0 saturated carbocycles. The second-order valence-electron chi connectivity index (χ2n) is 3.75. The van der Waals surface area contributed by atoms with Crippen LogP contribution in [0.25, 0.3) is 10.2 Å². The molecule has 0 aliphatic carbocycles. The lowest BCUT2D eigenvalue weighted by Gasteiger charge is -2.01. The third kappa shape index (κ3) is 2.74. The van der Waals surface area contributed by atoms with Crippen molar-refractivity contribution >= 4 is 32.6 Å². The monoisotopic (exact) mass is 249 g/mol. The zero-order valence-electron chi connectivity index (χ0n) is 9.91. The van der Waals surface area contributed by atoms with Gasteiger partial charge < -0.3 is 10.6 Å². The van der Waals surface area contributed by atoms with E-state index in [0.717, 1.165) is 20.9 Å². The molecule has 5 heteroatoms. The maximum atomic E-state index is 11.3. The van der Waals surface area contributed by atoms with Crippen LogP contribution in [0.3, 0.4) is 0 Å². The van der Waals surface area contributed by atoms with E-state index in [1.54, 1.807) is 11.3 Å². The molecule has 0 unspecified atom stereocenters. The highest BCUT2D eigenvalue weighted by molar-refractivity contribution is 7.22. The van der Waals surface area contributed by atoms with Gasteiger partial charge in [0.25, 0.3) is 0 Å². The Bertz CT molecular complexity index is 536. The quantitative estimate of drug-likeness (QED) is 0.873. The molecule has 1 aromatic heterocycles. The zero-order chi connectivity index (χ0) is 12.3. The summed E-state index contributed by atoms with van der Waals surface area (Å²) in [5.74, 6) is -0.0107. The van der Waals surface area contributed by atoms with Gasteiger partial charge in [0.2, 0.25) is 5.91 Å². The molecule has 0 atom stereocenters. The number of nitrogens with zero attached hydrogens (tertiary/aromatic N) is 1. The predicted molar refractivity (Wildman–Crippen MR) is 71.5 cm³/mol. The van der Waals surface area contributed by atoms with Crippen molar-refractivity contribution in [2.45, 2.75) is 13.8 Å². The first kappa shape index (κ1) is 11.9. The summed E-state index contributed by atoms with van der Waals surface area (Å²) in [6.07, 6.45) is 0. The van der Waals surface area contributed by atoms with Gasteiger partial charge in [-0.15, -0.1) is 0 Å². The number of hydrogen-bond acceptors (Lipinski definition) is 4. The lowest BCUT2D eigenvalue weighted by molar-refractivity contribution is -0.119. The van der Waals surface area contributed by atoms with Crippen molar-refractivity contribution in [1.29, 1.82) is 0 Å². The minimum Gasteiger partial charge on any atom is -0.355 e. The molecule has 2 rings (SSSR count). The van der Waals surface area contributed by atoms with Gasteiger partial charge in [0.15, 0.2) is 5.13 Å². The van der Waals surface area contributed by atoms with Crippen LogP contribution in [-0.2, 0) is 4.79 Å². The van der Waals surface area contributed by atoms with E-state index in [-0.39, 0.29) is 12.5 Å². The molecule has 1 amide bonds. The Hall–Kier alpha value is -1.62. The van der Waals surface area contributed by atoms with Gasteiger partial charge in [-0.25, -0.2) is 4.98 Å². The number of thiazole rings is 1. The molecule has 1 aromatic carbocycles. The number of amides is 1. The van der Waals surface area contributed by atoms with Gasteiger partial charge in [-0.3, -0.25) is 4.79 Å². The van der Waals surface area contributed by atoms with E-state index >= 15 is 0 Å². The summed E-state index contributed by atoms with van der Waals surface area (Å²) in [5.41, 5.74) is 2.17. The number of hydrogen-bond donors (Lipinski definition) is 2. The molecule has 0 aliphatic rings. The van der Waals surface area contributed by atoms with E-state index in [2.05, 4.69) is 15.6 Å². The lowest BCUT2D eigenvalue weighted by atomic mass is 10.2. The summed E-state index contributed by atoms with van der Waals surface area (Å²) in [7, 11) is 0. The smallest absolute Gasteiger partial charge is 0.239 e. The standard InChI is InChI=1S/C12H15N3OS/c1-3-13-10(16)7-14-12-15-11-8(2)5-4-6-9(11)17-12/h4-6H,3,7H2,1-2H3,(H,13,16)(H,14,15). The Kier molecular flexibility index (Phi) is 3.58. The molecular formula is C12H15N3OS. The molecule has 0 spiro atoms. The van der Waals surface area contributed by atoms with Crippen LogP contribution in [-0.4, -0.2) is 24.0 Å². The Morgan fingerprint density at radius 1 is 1.47 bits per heavy atom. The van der Waals surface area contributed by atoms with Gasteiger partial charge in [-0.2, -0.15) is 0 Å². The Morgan fingerprint density at radius 2 is 2.29 bits per heavy atom. The van der Waals surface area contributed by atoms with Crippen LogP contribution in [0.2, 0.25) is 0 Å². The van der Waals surface area contributed by atoms with Crippen molar-refractivity contribution in [3.63, 3.8) is 0 Å². The van der Waals surface area contributed by atoms with Crippen LogP contribution in [0.1, 0.15) is 12.5 Å². The van der Waals surface area contributed by atoms with Gasteiger partial charge in [-0.05, 0) is 25.5 Å². The van der Waals surface area contributed by atoms with Crippen LogP contribution in [0.15, 0.2) is 18.2 Å². The fourth-order valence-corrected chi connectivity index (χ4v) is 2.52. The number of anilines is 1. The first-order chi connectivity index (χ1) is 8.20. The third-order valence-corrected chi connectivity index (χ3v) is 3.37. The molecule has 2 aromatic rings. The van der Waals surface area contributed by atoms with Crippen LogP contribution in [0.5, 0.6) is 0 Å². The number of carbonyl (C=O) groups excluding carboxylic acids is 1. The zero-order valence-corrected chi connectivity index (χ0v) is 10.7. The molecular weight excluding hydrogens is 234 g/mol. The third-order valence-electron chi connectivity index (χ3n) is 2.39. The Balaban J connectivity index is 2.10. The van der Waals surface area contributed by atoms with Crippen molar-refractivity contribution in [3.05, 3.63) is 23.8 Å². The highest BCUT2D eigenvalue weighted by atomic mass is 32.1. The number of nitrogens with one attached hydrogen (secondary N) is 2. The Labute approximate surface area is 104 Å². The molecule has 0 radical (unpaired) electrons. The number of likely N-dealkylation sites (N-methyl/N-ethyl adjacent to an activating group) is 1. The van der Waals surface area contributed by atoms with E-state index in [1.165, 1.54) is 0 Å². The summed E-state index contributed by atoms with van der Waals surface area (Å²) in [4.78, 5) is 15.8. The van der Waals surface area contributed by atoms with Gasteiger partial charge in [0.1, 0.15) is 0 Å². The van der Waals surface area contributed by atoms with Gasteiger partial charge in [0.05, 0.1) is 16.8 Å². The summed E-state index contributed by atoms with van der Waals surface area (Å²) in [6.45, 7) is 4.86. The van der Waals surface area contributed by atoms with Gasteiger partial charge in [-0.1, -0.05) is 23.5 Å². The van der Waals surface area contributed by atoms with Crippen LogP contribution >= 0.6 is 11.3 Å². The van der Waals surface area contributed by atoms with E-state index in [9.17, 15) is 4.79 Å². The molecule has 0 fully saturated rings. The van der Waals surface area contributed by atoms with E-state index in [0.29, 0.717) is 6.54 Å². The van der Waals surface area contributed by atoms with E-state index in [1.807, 2.05) is 32.0 Å². The van der Waals surface area contributed by atoms with Crippen molar-refractivity contribution < 1.29 is 4.79 Å². The topological polar surface area (TPSA) is 54.0 Å². The molecule has 0 bridgehead atoms. The predicted octanol–water partition coefficient (Wildman–Crippen LogP) is 2.15. The minimum absolute atomic E-state index is 0.0107. The largest absolute Gasteiger partial charge is 0.355 e. The number of benzene rings is 1. The van der Waals surface area contributed by atoms with Crippen LogP contribution in [0.4, 0.5) is 5.13 Å². The molecule has 2 N–H and O–H groups in total. The molecule has 4 nitrogen and oxygen atoms in total.